The van der Waals surface area contributed by atoms with Crippen LogP contribution in [0, 0.1) is 11.7 Å². The first-order valence-corrected chi connectivity index (χ1v) is 5.19. The van der Waals surface area contributed by atoms with E-state index in [-0.39, 0.29) is 12.4 Å². The molecule has 3 heteroatoms. The van der Waals surface area contributed by atoms with Crippen molar-refractivity contribution >= 4 is 0 Å². The molecule has 1 N–H and O–H groups in total. The SMILES string of the molecule is CCC(C)COc1ccc(CO)cc1F. The second kappa shape index (κ2) is 5.71. The smallest absolute Gasteiger partial charge is 0.165 e. The van der Waals surface area contributed by atoms with Gasteiger partial charge >= 0.3 is 0 Å². The molecule has 0 saturated heterocycles. The van der Waals surface area contributed by atoms with Crippen molar-refractivity contribution in [2.45, 2.75) is 26.9 Å². The van der Waals surface area contributed by atoms with Crippen molar-refractivity contribution in [3.63, 3.8) is 0 Å². The number of aliphatic hydroxyl groups excluding tert-OH is 1. The van der Waals surface area contributed by atoms with E-state index in [0.717, 1.165) is 6.42 Å². The molecule has 0 fully saturated rings. The third-order valence-corrected chi connectivity index (χ3v) is 2.40. The largest absolute Gasteiger partial charge is 0.490 e. The van der Waals surface area contributed by atoms with E-state index in [0.29, 0.717) is 18.1 Å². The zero-order valence-electron chi connectivity index (χ0n) is 9.16. The van der Waals surface area contributed by atoms with E-state index in [9.17, 15) is 4.39 Å². The summed E-state index contributed by atoms with van der Waals surface area (Å²) in [4.78, 5) is 0. The van der Waals surface area contributed by atoms with Gasteiger partial charge in [0.05, 0.1) is 13.2 Å². The Morgan fingerprint density at radius 2 is 2.20 bits per heavy atom. The van der Waals surface area contributed by atoms with Gasteiger partial charge in [0.2, 0.25) is 0 Å². The number of benzene rings is 1. The van der Waals surface area contributed by atoms with Crippen LogP contribution < -0.4 is 4.74 Å². The summed E-state index contributed by atoms with van der Waals surface area (Å²) in [5, 5.41) is 8.80. The molecule has 0 amide bonds. The molecule has 0 aliphatic rings. The molecule has 0 aliphatic carbocycles. The number of aliphatic hydroxyl groups is 1. The molecule has 1 aromatic carbocycles. The van der Waals surface area contributed by atoms with Crippen molar-refractivity contribution in [3.8, 4) is 5.75 Å². The predicted molar refractivity (Wildman–Crippen MR) is 57.3 cm³/mol. The van der Waals surface area contributed by atoms with Crippen molar-refractivity contribution in [1.29, 1.82) is 0 Å². The van der Waals surface area contributed by atoms with Crippen LogP contribution in [0.2, 0.25) is 0 Å². The van der Waals surface area contributed by atoms with E-state index in [4.69, 9.17) is 9.84 Å². The van der Waals surface area contributed by atoms with Gasteiger partial charge in [0.1, 0.15) is 0 Å². The van der Waals surface area contributed by atoms with E-state index < -0.39 is 5.82 Å². The minimum Gasteiger partial charge on any atom is -0.490 e. The van der Waals surface area contributed by atoms with Crippen LogP contribution in [-0.2, 0) is 6.61 Å². The van der Waals surface area contributed by atoms with Gasteiger partial charge in [0.15, 0.2) is 11.6 Å². The molecule has 1 rings (SSSR count). The summed E-state index contributed by atoms with van der Waals surface area (Å²) < 4.78 is 18.7. The molecule has 0 saturated carbocycles. The summed E-state index contributed by atoms with van der Waals surface area (Å²) >= 11 is 0. The van der Waals surface area contributed by atoms with E-state index in [1.807, 2.05) is 0 Å². The Morgan fingerprint density at radius 3 is 2.73 bits per heavy atom. The molecule has 1 aromatic rings. The maximum atomic E-state index is 13.4. The van der Waals surface area contributed by atoms with Gasteiger partial charge in [0, 0.05) is 0 Å². The topological polar surface area (TPSA) is 29.5 Å². The van der Waals surface area contributed by atoms with Crippen molar-refractivity contribution < 1.29 is 14.2 Å². The Morgan fingerprint density at radius 1 is 1.47 bits per heavy atom. The van der Waals surface area contributed by atoms with Crippen LogP contribution in [0.4, 0.5) is 4.39 Å². The highest BCUT2D eigenvalue weighted by molar-refractivity contribution is 5.28. The Kier molecular flexibility index (Phi) is 4.56. The molecule has 0 radical (unpaired) electrons. The summed E-state index contributed by atoms with van der Waals surface area (Å²) in [6.45, 7) is 4.49. The van der Waals surface area contributed by atoms with Gasteiger partial charge < -0.3 is 9.84 Å². The fraction of sp³-hybridized carbons (Fsp3) is 0.500. The second-order valence-corrected chi connectivity index (χ2v) is 3.75. The molecule has 0 aliphatic heterocycles. The third kappa shape index (κ3) is 3.51. The molecular weight excluding hydrogens is 195 g/mol. The highest BCUT2D eigenvalue weighted by atomic mass is 19.1. The number of hydrogen-bond donors (Lipinski definition) is 1. The molecule has 0 heterocycles. The Balaban J connectivity index is 2.62. The van der Waals surface area contributed by atoms with Crippen LogP contribution in [0.1, 0.15) is 25.8 Å². The molecule has 0 spiro atoms. The highest BCUT2D eigenvalue weighted by Crippen LogP contribution is 2.19. The molecule has 84 valence electrons. The van der Waals surface area contributed by atoms with Gasteiger partial charge in [-0.05, 0) is 23.6 Å². The average Bonchev–Trinajstić information content (AvgIpc) is 2.26. The summed E-state index contributed by atoms with van der Waals surface area (Å²) in [6, 6.07) is 4.52. The van der Waals surface area contributed by atoms with Gasteiger partial charge in [0.25, 0.3) is 0 Å². The molecule has 2 nitrogen and oxygen atoms in total. The zero-order valence-corrected chi connectivity index (χ0v) is 9.16. The van der Waals surface area contributed by atoms with Crippen LogP contribution >= 0.6 is 0 Å². The Hall–Kier alpha value is -1.09. The van der Waals surface area contributed by atoms with Crippen molar-refractivity contribution in [2.75, 3.05) is 6.61 Å². The number of ether oxygens (including phenoxy) is 1. The van der Waals surface area contributed by atoms with Crippen LogP contribution in [0.15, 0.2) is 18.2 Å². The number of rotatable bonds is 5. The lowest BCUT2D eigenvalue weighted by Crippen LogP contribution is -2.08. The lowest BCUT2D eigenvalue weighted by atomic mass is 10.1. The summed E-state index contributed by atoms with van der Waals surface area (Å²) in [5.41, 5.74) is 0.559. The second-order valence-electron chi connectivity index (χ2n) is 3.75. The predicted octanol–water partition coefficient (Wildman–Crippen LogP) is 2.74. The molecule has 1 unspecified atom stereocenters. The van der Waals surface area contributed by atoms with Gasteiger partial charge in [-0.2, -0.15) is 0 Å². The lowest BCUT2D eigenvalue weighted by molar-refractivity contribution is 0.245. The van der Waals surface area contributed by atoms with Crippen molar-refractivity contribution in [2.24, 2.45) is 5.92 Å². The van der Waals surface area contributed by atoms with Crippen LogP contribution in [0.5, 0.6) is 5.75 Å². The first-order chi connectivity index (χ1) is 7.17. The van der Waals surface area contributed by atoms with Gasteiger partial charge in [-0.1, -0.05) is 26.3 Å². The maximum Gasteiger partial charge on any atom is 0.165 e. The normalized spacial score (nSPS) is 12.5. The molecule has 1 atom stereocenters. The van der Waals surface area contributed by atoms with Crippen LogP contribution in [-0.4, -0.2) is 11.7 Å². The van der Waals surface area contributed by atoms with Crippen molar-refractivity contribution in [3.05, 3.63) is 29.6 Å². The first-order valence-electron chi connectivity index (χ1n) is 5.19. The Bertz CT molecular complexity index is 312. The summed E-state index contributed by atoms with van der Waals surface area (Å²) in [5.74, 6) is 0.263. The zero-order chi connectivity index (χ0) is 11.3. The molecular formula is C12H17FO2. The molecule has 0 bridgehead atoms. The molecule has 15 heavy (non-hydrogen) atoms. The summed E-state index contributed by atoms with van der Waals surface area (Å²) in [6.07, 6.45) is 1.01. The average molecular weight is 212 g/mol. The van der Waals surface area contributed by atoms with Crippen LogP contribution in [0.25, 0.3) is 0 Å². The fourth-order valence-corrected chi connectivity index (χ4v) is 1.11. The lowest BCUT2D eigenvalue weighted by Gasteiger charge is -2.11. The monoisotopic (exact) mass is 212 g/mol. The number of hydrogen-bond acceptors (Lipinski definition) is 2. The fourth-order valence-electron chi connectivity index (χ4n) is 1.11. The molecule has 0 aromatic heterocycles. The first kappa shape index (κ1) is 12.0. The Labute approximate surface area is 89.7 Å². The van der Waals surface area contributed by atoms with E-state index in [1.54, 1.807) is 12.1 Å². The standard InChI is InChI=1S/C12H17FO2/c1-3-9(2)8-15-12-5-4-10(7-14)6-11(12)13/h4-6,9,14H,3,7-8H2,1-2H3. The van der Waals surface area contributed by atoms with Gasteiger partial charge in [-0.25, -0.2) is 4.39 Å². The maximum absolute atomic E-state index is 13.4. The summed E-state index contributed by atoms with van der Waals surface area (Å²) in [7, 11) is 0. The quantitative estimate of drug-likeness (QED) is 0.813. The van der Waals surface area contributed by atoms with E-state index in [2.05, 4.69) is 13.8 Å². The van der Waals surface area contributed by atoms with E-state index >= 15 is 0 Å². The van der Waals surface area contributed by atoms with E-state index in [1.165, 1.54) is 6.07 Å². The highest BCUT2D eigenvalue weighted by Gasteiger charge is 2.06. The van der Waals surface area contributed by atoms with Crippen molar-refractivity contribution in [1.82, 2.24) is 0 Å². The number of halogens is 1. The van der Waals surface area contributed by atoms with Gasteiger partial charge in [-0.3, -0.25) is 0 Å². The minimum atomic E-state index is -0.412. The third-order valence-electron chi connectivity index (χ3n) is 2.40. The van der Waals surface area contributed by atoms with Gasteiger partial charge in [-0.15, -0.1) is 0 Å². The minimum absolute atomic E-state index is 0.150. The van der Waals surface area contributed by atoms with Crippen LogP contribution in [0.3, 0.4) is 0 Å².